The van der Waals surface area contributed by atoms with Crippen LogP contribution in [-0.4, -0.2) is 50.2 Å². The fraction of sp³-hybridized carbons (Fsp3) is 0.160. The molecule has 2 aromatic carbocycles. The van der Waals surface area contributed by atoms with E-state index in [1.807, 2.05) is 12.1 Å². The van der Waals surface area contributed by atoms with Gasteiger partial charge in [0.2, 0.25) is 5.96 Å². The molecule has 0 fully saturated rings. The van der Waals surface area contributed by atoms with Crippen LogP contribution in [0.1, 0.15) is 15.9 Å². The fourth-order valence-corrected chi connectivity index (χ4v) is 3.79. The van der Waals surface area contributed by atoms with Gasteiger partial charge >= 0.3 is 0 Å². The number of aliphatic imine (C=N–C) groups is 1. The van der Waals surface area contributed by atoms with Crippen LogP contribution in [0.25, 0.3) is 0 Å². The van der Waals surface area contributed by atoms with Gasteiger partial charge in [-0.15, -0.1) is 0 Å². The maximum atomic E-state index is 13.5. The van der Waals surface area contributed by atoms with Crippen molar-refractivity contribution in [2.24, 2.45) is 12.0 Å². The smallest absolute Gasteiger partial charge is 0.259 e. The van der Waals surface area contributed by atoms with Crippen molar-refractivity contribution in [3.8, 4) is 11.6 Å². The van der Waals surface area contributed by atoms with Crippen LogP contribution in [0, 0.1) is 0 Å². The number of anilines is 1. The first kappa shape index (κ1) is 24.1. The van der Waals surface area contributed by atoms with Crippen molar-refractivity contribution < 1.29 is 18.8 Å². The third-order valence-electron chi connectivity index (χ3n) is 5.52. The van der Waals surface area contributed by atoms with Crippen LogP contribution in [0.5, 0.6) is 11.6 Å². The molecule has 0 saturated heterocycles. The van der Waals surface area contributed by atoms with Gasteiger partial charge in [-0.25, -0.2) is 4.99 Å². The first-order valence-corrected chi connectivity index (χ1v) is 11.7. The molecule has 2 amide bonds. The van der Waals surface area contributed by atoms with Crippen molar-refractivity contribution in [1.29, 1.82) is 0 Å². The van der Waals surface area contributed by atoms with E-state index in [1.165, 1.54) is 22.0 Å². The molecule has 2 aromatic heterocycles. The van der Waals surface area contributed by atoms with Crippen molar-refractivity contribution >= 4 is 35.1 Å². The summed E-state index contributed by atoms with van der Waals surface area (Å²) in [6.07, 6.45) is 4.45. The van der Waals surface area contributed by atoms with Gasteiger partial charge in [0, 0.05) is 30.0 Å². The van der Waals surface area contributed by atoms with E-state index in [1.54, 1.807) is 55.7 Å². The predicted octanol–water partition coefficient (Wildman–Crippen LogP) is 3.46. The normalized spacial score (nSPS) is 15.3. The second kappa shape index (κ2) is 10.5. The number of amides is 2. The Morgan fingerprint density at radius 3 is 2.62 bits per heavy atom. The van der Waals surface area contributed by atoms with Crippen molar-refractivity contribution in [2.75, 3.05) is 11.9 Å². The number of hydrogen-bond donors (Lipinski definition) is 2. The van der Waals surface area contributed by atoms with E-state index < -0.39 is 11.9 Å². The van der Waals surface area contributed by atoms with Crippen molar-refractivity contribution in [3.05, 3.63) is 89.4 Å². The van der Waals surface area contributed by atoms with Gasteiger partial charge in [0.25, 0.3) is 17.7 Å². The van der Waals surface area contributed by atoms with Gasteiger partial charge in [-0.05, 0) is 47.1 Å². The molecule has 0 aliphatic carbocycles. The Bertz CT molecular complexity index is 1420. The molecule has 3 heterocycles. The minimum absolute atomic E-state index is 0.0810. The highest BCUT2D eigenvalue weighted by atomic mass is 35.5. The number of guanidine groups is 1. The summed E-state index contributed by atoms with van der Waals surface area (Å²) in [6.45, 7) is 0.312. The number of hydrogen-bond acceptors (Lipinski definition) is 8. The summed E-state index contributed by atoms with van der Waals surface area (Å²) in [7, 11) is 1.71. The summed E-state index contributed by atoms with van der Waals surface area (Å²) in [4.78, 5) is 32.2. The lowest BCUT2D eigenvalue weighted by molar-refractivity contribution is -0.130. The van der Waals surface area contributed by atoms with E-state index in [9.17, 15) is 9.59 Å². The molecule has 5 rings (SSSR count). The molecular weight excluding hydrogens is 498 g/mol. The maximum Gasteiger partial charge on any atom is 0.259 e. The van der Waals surface area contributed by atoms with Crippen LogP contribution in [0.4, 0.5) is 5.69 Å². The lowest BCUT2D eigenvalue weighted by Gasteiger charge is -2.32. The van der Waals surface area contributed by atoms with Crippen LogP contribution in [0.15, 0.2) is 82.8 Å². The summed E-state index contributed by atoms with van der Waals surface area (Å²) in [5.74, 6) is 0.577. The Hall–Kier alpha value is -4.64. The lowest BCUT2D eigenvalue weighted by atomic mass is 10.1. The van der Waals surface area contributed by atoms with Crippen LogP contribution in [0.2, 0.25) is 5.02 Å². The molecule has 0 saturated carbocycles. The van der Waals surface area contributed by atoms with Gasteiger partial charge in [-0.2, -0.15) is 5.10 Å². The van der Waals surface area contributed by atoms with Gasteiger partial charge < -0.3 is 19.9 Å². The Kier molecular flexibility index (Phi) is 6.86. The molecule has 0 radical (unpaired) electrons. The van der Waals surface area contributed by atoms with E-state index >= 15 is 0 Å². The standard InChI is InChI=1S/C25H22ClN7O4/c1-32-15-17(12-28-32)23(34)30-21-13-27-25(33(24(21)35)14-16-2-4-18(26)5-3-16)29-19-6-8-20(9-7-19)37-22-10-11-36-31-22/h2-12,15,21H,13-14H2,1H3,(H,27,29)(H,30,34). The molecule has 0 spiro atoms. The average molecular weight is 520 g/mol. The highest BCUT2D eigenvalue weighted by Crippen LogP contribution is 2.23. The zero-order valence-electron chi connectivity index (χ0n) is 19.7. The molecule has 12 heteroatoms. The first-order chi connectivity index (χ1) is 17.9. The van der Waals surface area contributed by atoms with Gasteiger partial charge in [-0.1, -0.05) is 23.7 Å². The predicted molar refractivity (Wildman–Crippen MR) is 135 cm³/mol. The minimum atomic E-state index is -0.830. The molecule has 4 aromatic rings. The van der Waals surface area contributed by atoms with Gasteiger partial charge in [0.05, 0.1) is 24.8 Å². The minimum Gasteiger partial charge on any atom is -0.436 e. The van der Waals surface area contributed by atoms with E-state index in [0.29, 0.717) is 33.9 Å². The second-order valence-electron chi connectivity index (χ2n) is 8.23. The number of nitrogens with zero attached hydrogens (tertiary/aromatic N) is 5. The SMILES string of the molecule is Cn1cc(C(=O)NC2CN=C(Nc3ccc(Oc4ccon4)cc3)N(Cc3ccc(Cl)cc3)C2=O)cn1. The van der Waals surface area contributed by atoms with Crippen LogP contribution < -0.4 is 15.4 Å². The Labute approximate surface area is 216 Å². The maximum absolute atomic E-state index is 13.5. The van der Waals surface area contributed by atoms with Crippen molar-refractivity contribution in [1.82, 2.24) is 25.2 Å². The second-order valence-corrected chi connectivity index (χ2v) is 8.67. The summed E-state index contributed by atoms with van der Waals surface area (Å²) >= 11 is 6.03. The molecule has 1 aliphatic heterocycles. The number of carbonyl (C=O) groups is 2. The molecule has 1 atom stereocenters. The number of ether oxygens (including phenoxy) is 1. The molecular formula is C25H22ClN7O4. The molecule has 0 bridgehead atoms. The number of aromatic nitrogens is 3. The lowest BCUT2D eigenvalue weighted by Crippen LogP contribution is -2.56. The number of aryl methyl sites for hydroxylation is 1. The number of carbonyl (C=O) groups excluding carboxylic acids is 2. The monoisotopic (exact) mass is 519 g/mol. The molecule has 188 valence electrons. The van der Waals surface area contributed by atoms with E-state index in [2.05, 4.69) is 25.9 Å². The van der Waals surface area contributed by atoms with Crippen LogP contribution in [-0.2, 0) is 18.4 Å². The van der Waals surface area contributed by atoms with E-state index in [4.69, 9.17) is 20.9 Å². The molecule has 11 nitrogen and oxygen atoms in total. The number of halogens is 1. The molecule has 2 N–H and O–H groups in total. The summed E-state index contributed by atoms with van der Waals surface area (Å²) < 4.78 is 11.9. The number of rotatable bonds is 7. The molecule has 1 unspecified atom stereocenters. The summed E-state index contributed by atoms with van der Waals surface area (Å²) in [5.41, 5.74) is 1.90. The van der Waals surface area contributed by atoms with Gasteiger partial charge in [0.1, 0.15) is 18.1 Å². The topological polar surface area (TPSA) is 127 Å². The molecule has 37 heavy (non-hydrogen) atoms. The molecule has 1 aliphatic rings. The highest BCUT2D eigenvalue weighted by molar-refractivity contribution is 6.30. The quantitative estimate of drug-likeness (QED) is 0.383. The number of nitrogens with one attached hydrogen (secondary N) is 2. The zero-order chi connectivity index (χ0) is 25.8. The van der Waals surface area contributed by atoms with Crippen LogP contribution >= 0.6 is 11.6 Å². The number of benzene rings is 2. The van der Waals surface area contributed by atoms with Crippen molar-refractivity contribution in [2.45, 2.75) is 12.6 Å². The van der Waals surface area contributed by atoms with Crippen molar-refractivity contribution in [3.63, 3.8) is 0 Å². The Morgan fingerprint density at radius 1 is 1.16 bits per heavy atom. The largest absolute Gasteiger partial charge is 0.436 e. The van der Waals surface area contributed by atoms with E-state index in [0.717, 1.165) is 5.56 Å². The summed E-state index contributed by atoms with van der Waals surface area (Å²) in [6, 6.07) is 15.0. The third-order valence-corrected chi connectivity index (χ3v) is 5.77. The van der Waals surface area contributed by atoms with Gasteiger partial charge in [-0.3, -0.25) is 19.2 Å². The Balaban J connectivity index is 1.34. The average Bonchev–Trinajstić information content (AvgIpc) is 3.57. The Morgan fingerprint density at radius 2 is 1.95 bits per heavy atom. The zero-order valence-corrected chi connectivity index (χ0v) is 20.4. The summed E-state index contributed by atoms with van der Waals surface area (Å²) in [5, 5.41) is 14.3. The van der Waals surface area contributed by atoms with E-state index in [-0.39, 0.29) is 19.0 Å². The highest BCUT2D eigenvalue weighted by Gasteiger charge is 2.33. The first-order valence-electron chi connectivity index (χ1n) is 11.3. The third kappa shape index (κ3) is 5.78. The van der Waals surface area contributed by atoms with Gasteiger partial charge in [0.15, 0.2) is 0 Å². The van der Waals surface area contributed by atoms with Crippen LogP contribution in [0.3, 0.4) is 0 Å². The fourth-order valence-electron chi connectivity index (χ4n) is 3.66.